The molecule has 0 spiro atoms. The number of methoxy groups -OCH3 is 2. The SMILES string of the molecule is COc1ccc(OC)c(CN2CCN(CCC(=O)Nc3ccccc3Cl)CC2)c1. The van der Waals surface area contributed by atoms with Gasteiger partial charge in [0.2, 0.25) is 5.91 Å². The molecule has 2 aromatic carbocycles. The largest absolute Gasteiger partial charge is 0.497 e. The molecule has 0 aromatic heterocycles. The van der Waals surface area contributed by atoms with Crippen LogP contribution in [0.1, 0.15) is 12.0 Å². The molecule has 2 aromatic rings. The second kappa shape index (κ2) is 10.5. The standard InChI is InChI=1S/C22H28ClN3O3/c1-28-18-7-8-21(29-2)17(15-18)16-26-13-11-25(12-14-26)10-9-22(27)24-20-6-4-3-5-19(20)23/h3-8,15H,9-14,16H2,1-2H3,(H,24,27). The van der Waals surface area contributed by atoms with Crippen LogP contribution in [0.5, 0.6) is 11.5 Å². The van der Waals surface area contributed by atoms with Gasteiger partial charge in [0.05, 0.1) is 24.9 Å². The van der Waals surface area contributed by atoms with Crippen molar-refractivity contribution >= 4 is 23.2 Å². The zero-order valence-electron chi connectivity index (χ0n) is 17.0. The number of carbonyl (C=O) groups is 1. The summed E-state index contributed by atoms with van der Waals surface area (Å²) >= 11 is 6.09. The third kappa shape index (κ3) is 6.10. The smallest absolute Gasteiger partial charge is 0.225 e. The molecule has 0 bridgehead atoms. The number of rotatable bonds is 8. The molecule has 1 saturated heterocycles. The van der Waals surface area contributed by atoms with Crippen LogP contribution in [-0.4, -0.2) is 62.7 Å². The molecule has 1 aliphatic rings. The van der Waals surface area contributed by atoms with Crippen LogP contribution in [0.2, 0.25) is 5.02 Å². The number of piperazine rings is 1. The predicted octanol–water partition coefficient (Wildman–Crippen LogP) is 3.50. The summed E-state index contributed by atoms with van der Waals surface area (Å²) in [5.41, 5.74) is 1.79. The van der Waals surface area contributed by atoms with Crippen LogP contribution < -0.4 is 14.8 Å². The molecule has 0 saturated carbocycles. The highest BCUT2D eigenvalue weighted by Gasteiger charge is 2.19. The van der Waals surface area contributed by atoms with Crippen LogP contribution >= 0.6 is 11.6 Å². The van der Waals surface area contributed by atoms with Crippen LogP contribution in [-0.2, 0) is 11.3 Å². The monoisotopic (exact) mass is 417 g/mol. The maximum absolute atomic E-state index is 12.2. The van der Waals surface area contributed by atoms with Crippen molar-refractivity contribution < 1.29 is 14.3 Å². The number of hydrogen-bond acceptors (Lipinski definition) is 5. The molecule has 6 nitrogen and oxygen atoms in total. The summed E-state index contributed by atoms with van der Waals surface area (Å²) in [6.07, 6.45) is 0.453. The normalized spacial score (nSPS) is 15.1. The molecule has 0 aliphatic carbocycles. The van der Waals surface area contributed by atoms with Crippen LogP contribution in [0.4, 0.5) is 5.69 Å². The minimum Gasteiger partial charge on any atom is -0.497 e. The highest BCUT2D eigenvalue weighted by Crippen LogP contribution is 2.25. The maximum Gasteiger partial charge on any atom is 0.225 e. The van der Waals surface area contributed by atoms with E-state index in [0.717, 1.165) is 56.3 Å². The Hall–Kier alpha value is -2.28. The minimum atomic E-state index is -0.0124. The van der Waals surface area contributed by atoms with Gasteiger partial charge >= 0.3 is 0 Å². The fraction of sp³-hybridized carbons (Fsp3) is 0.409. The zero-order valence-corrected chi connectivity index (χ0v) is 17.7. The molecule has 1 aliphatic heterocycles. The first-order chi connectivity index (χ1) is 14.1. The highest BCUT2D eigenvalue weighted by molar-refractivity contribution is 6.33. The first-order valence-electron chi connectivity index (χ1n) is 9.79. The minimum absolute atomic E-state index is 0.0124. The molecule has 1 heterocycles. The number of ether oxygens (including phenoxy) is 2. The second-order valence-corrected chi connectivity index (χ2v) is 7.48. The van der Waals surface area contributed by atoms with Gasteiger partial charge in [-0.05, 0) is 30.3 Å². The summed E-state index contributed by atoms with van der Waals surface area (Å²) in [7, 11) is 3.36. The molecule has 3 rings (SSSR count). The molecule has 0 unspecified atom stereocenters. The lowest BCUT2D eigenvalue weighted by atomic mass is 10.1. The average molecular weight is 418 g/mol. The first-order valence-corrected chi connectivity index (χ1v) is 10.2. The number of amides is 1. The molecule has 1 amide bonds. The summed E-state index contributed by atoms with van der Waals surface area (Å²) in [5, 5.41) is 3.44. The lowest BCUT2D eigenvalue weighted by Gasteiger charge is -2.34. The van der Waals surface area contributed by atoms with Crippen molar-refractivity contribution in [2.45, 2.75) is 13.0 Å². The van der Waals surface area contributed by atoms with E-state index < -0.39 is 0 Å². The van der Waals surface area contributed by atoms with Gasteiger partial charge < -0.3 is 19.7 Å². The number of nitrogens with zero attached hydrogens (tertiary/aromatic N) is 2. The van der Waals surface area contributed by atoms with E-state index >= 15 is 0 Å². The van der Waals surface area contributed by atoms with Crippen molar-refractivity contribution in [3.05, 3.63) is 53.1 Å². The lowest BCUT2D eigenvalue weighted by Crippen LogP contribution is -2.46. The fourth-order valence-corrected chi connectivity index (χ4v) is 3.64. The predicted molar refractivity (Wildman–Crippen MR) is 116 cm³/mol. The number of hydrogen-bond donors (Lipinski definition) is 1. The Morgan fingerprint density at radius 2 is 1.76 bits per heavy atom. The summed E-state index contributed by atoms with van der Waals surface area (Å²) < 4.78 is 10.8. The molecule has 7 heteroatoms. The van der Waals surface area contributed by atoms with Crippen molar-refractivity contribution in [2.75, 3.05) is 52.3 Å². The van der Waals surface area contributed by atoms with Gasteiger partial charge in [-0.25, -0.2) is 0 Å². The third-order valence-electron chi connectivity index (χ3n) is 5.15. The van der Waals surface area contributed by atoms with Crippen LogP contribution in [0.25, 0.3) is 0 Å². The summed E-state index contributed by atoms with van der Waals surface area (Å²) in [6, 6.07) is 13.2. The van der Waals surface area contributed by atoms with Crippen molar-refractivity contribution in [3.8, 4) is 11.5 Å². The van der Waals surface area contributed by atoms with Gasteiger partial charge in [-0.3, -0.25) is 9.69 Å². The van der Waals surface area contributed by atoms with Gasteiger partial charge in [0.15, 0.2) is 0 Å². The Balaban J connectivity index is 1.44. The molecule has 0 atom stereocenters. The van der Waals surface area contributed by atoms with E-state index in [1.807, 2.05) is 36.4 Å². The molecule has 29 heavy (non-hydrogen) atoms. The van der Waals surface area contributed by atoms with E-state index in [4.69, 9.17) is 21.1 Å². The maximum atomic E-state index is 12.2. The fourth-order valence-electron chi connectivity index (χ4n) is 3.45. The van der Waals surface area contributed by atoms with Crippen molar-refractivity contribution in [2.24, 2.45) is 0 Å². The topological polar surface area (TPSA) is 54.0 Å². The Labute approximate surface area is 177 Å². The van der Waals surface area contributed by atoms with Crippen LogP contribution in [0.15, 0.2) is 42.5 Å². The Kier molecular flexibility index (Phi) is 7.75. The first kappa shape index (κ1) is 21.4. The number of para-hydroxylation sites is 1. The van der Waals surface area contributed by atoms with Crippen LogP contribution in [0.3, 0.4) is 0 Å². The van der Waals surface area contributed by atoms with E-state index in [0.29, 0.717) is 17.1 Å². The van der Waals surface area contributed by atoms with Crippen molar-refractivity contribution in [3.63, 3.8) is 0 Å². The van der Waals surface area contributed by atoms with Crippen molar-refractivity contribution in [1.82, 2.24) is 9.80 Å². The molecule has 1 fully saturated rings. The van der Waals surface area contributed by atoms with Gasteiger partial charge in [-0.15, -0.1) is 0 Å². The Bertz CT molecular complexity index is 823. The Morgan fingerprint density at radius 3 is 2.45 bits per heavy atom. The molecular weight excluding hydrogens is 390 g/mol. The number of carbonyl (C=O) groups excluding carboxylic acids is 1. The van der Waals surface area contributed by atoms with Gasteiger partial charge in [0, 0.05) is 51.3 Å². The second-order valence-electron chi connectivity index (χ2n) is 7.07. The van der Waals surface area contributed by atoms with Gasteiger partial charge in [-0.2, -0.15) is 0 Å². The average Bonchev–Trinajstić information content (AvgIpc) is 2.75. The molecule has 0 radical (unpaired) electrons. The lowest BCUT2D eigenvalue weighted by molar-refractivity contribution is -0.116. The Morgan fingerprint density at radius 1 is 1.03 bits per heavy atom. The molecule has 156 valence electrons. The summed E-state index contributed by atoms with van der Waals surface area (Å²) in [5.74, 6) is 1.70. The third-order valence-corrected chi connectivity index (χ3v) is 5.48. The quantitative estimate of drug-likeness (QED) is 0.712. The van der Waals surface area contributed by atoms with E-state index in [1.54, 1.807) is 20.3 Å². The zero-order chi connectivity index (χ0) is 20.6. The highest BCUT2D eigenvalue weighted by atomic mass is 35.5. The van der Waals surface area contributed by atoms with Gasteiger partial charge in [0.25, 0.3) is 0 Å². The summed E-state index contributed by atoms with van der Waals surface area (Å²) in [4.78, 5) is 16.9. The summed E-state index contributed by atoms with van der Waals surface area (Å²) in [6.45, 7) is 5.34. The van der Waals surface area contributed by atoms with E-state index in [1.165, 1.54) is 0 Å². The van der Waals surface area contributed by atoms with Crippen molar-refractivity contribution in [1.29, 1.82) is 0 Å². The van der Waals surface area contributed by atoms with Gasteiger partial charge in [0.1, 0.15) is 11.5 Å². The number of halogens is 1. The van der Waals surface area contributed by atoms with E-state index in [-0.39, 0.29) is 5.91 Å². The van der Waals surface area contributed by atoms with Gasteiger partial charge in [-0.1, -0.05) is 23.7 Å². The number of nitrogens with one attached hydrogen (secondary N) is 1. The number of anilines is 1. The van der Waals surface area contributed by atoms with E-state index in [2.05, 4.69) is 15.1 Å². The van der Waals surface area contributed by atoms with Crippen LogP contribution in [0, 0.1) is 0 Å². The van der Waals surface area contributed by atoms with E-state index in [9.17, 15) is 4.79 Å². The molecule has 1 N–H and O–H groups in total. The molecular formula is C22H28ClN3O3. The number of benzene rings is 2.